The van der Waals surface area contributed by atoms with Crippen LogP contribution in [0.3, 0.4) is 0 Å². The highest BCUT2D eigenvalue weighted by atomic mass is 35.5. The summed E-state index contributed by atoms with van der Waals surface area (Å²) in [6.45, 7) is -1.51. The van der Waals surface area contributed by atoms with Crippen LogP contribution in [0.15, 0.2) is 18.2 Å². The van der Waals surface area contributed by atoms with Crippen LogP contribution < -0.4 is 10.1 Å². The smallest absolute Gasteiger partial charge is 0.422 e. The summed E-state index contributed by atoms with van der Waals surface area (Å²) < 4.78 is 53.7. The summed E-state index contributed by atoms with van der Waals surface area (Å²) in [4.78, 5) is 0. The molecule has 3 nitrogen and oxygen atoms in total. The molecule has 0 aromatic heterocycles. The maximum atomic E-state index is 13.0. The minimum Gasteiger partial charge on any atom is -0.482 e. The Morgan fingerprint density at radius 2 is 2.05 bits per heavy atom. The molecule has 0 aliphatic rings. The molecule has 108 valence electrons. The SMILES string of the molecule is OC(CCl)CNc1cc(F)ccc1OCC(F)(F)F. The fourth-order valence-electron chi connectivity index (χ4n) is 1.21. The van der Waals surface area contributed by atoms with Gasteiger partial charge in [0.05, 0.1) is 17.7 Å². The largest absolute Gasteiger partial charge is 0.482 e. The molecule has 1 unspecified atom stereocenters. The van der Waals surface area contributed by atoms with Gasteiger partial charge < -0.3 is 15.2 Å². The molecule has 0 aliphatic carbocycles. The Kier molecular flexibility index (Phi) is 5.68. The third kappa shape index (κ3) is 5.98. The van der Waals surface area contributed by atoms with Gasteiger partial charge in [0, 0.05) is 12.6 Å². The van der Waals surface area contributed by atoms with Crippen molar-refractivity contribution < 1.29 is 27.4 Å². The van der Waals surface area contributed by atoms with Crippen LogP contribution in [0.5, 0.6) is 5.75 Å². The van der Waals surface area contributed by atoms with Gasteiger partial charge in [0.25, 0.3) is 0 Å². The van der Waals surface area contributed by atoms with E-state index in [2.05, 4.69) is 10.1 Å². The zero-order valence-electron chi connectivity index (χ0n) is 9.68. The number of ether oxygens (including phenoxy) is 1. The Hall–Kier alpha value is -1.21. The van der Waals surface area contributed by atoms with Crippen LogP contribution in [0.4, 0.5) is 23.2 Å². The van der Waals surface area contributed by atoms with Crippen molar-refractivity contribution in [2.45, 2.75) is 12.3 Å². The van der Waals surface area contributed by atoms with Crippen molar-refractivity contribution >= 4 is 17.3 Å². The van der Waals surface area contributed by atoms with Gasteiger partial charge in [-0.05, 0) is 12.1 Å². The minimum absolute atomic E-state index is 0.0217. The van der Waals surface area contributed by atoms with Crippen LogP contribution in [0.25, 0.3) is 0 Å². The fraction of sp³-hybridized carbons (Fsp3) is 0.455. The van der Waals surface area contributed by atoms with Crippen LogP contribution in [-0.4, -0.2) is 36.4 Å². The van der Waals surface area contributed by atoms with E-state index in [1.165, 1.54) is 0 Å². The van der Waals surface area contributed by atoms with Gasteiger partial charge in [0.1, 0.15) is 11.6 Å². The van der Waals surface area contributed by atoms with E-state index in [0.29, 0.717) is 0 Å². The standard InChI is InChI=1S/C11H12ClF4NO2/c12-4-8(18)5-17-9-3-7(13)1-2-10(9)19-6-11(14,15)16/h1-3,8,17-18H,4-6H2. The van der Waals surface area contributed by atoms with Gasteiger partial charge in [-0.15, -0.1) is 11.6 Å². The molecule has 0 fully saturated rings. The Morgan fingerprint density at radius 3 is 2.63 bits per heavy atom. The summed E-state index contributed by atoms with van der Waals surface area (Å²) in [5, 5.41) is 11.8. The number of anilines is 1. The first-order chi connectivity index (χ1) is 8.81. The van der Waals surface area contributed by atoms with Crippen LogP contribution in [0, 0.1) is 5.82 Å². The Balaban J connectivity index is 2.74. The maximum Gasteiger partial charge on any atom is 0.422 e. The third-order valence-electron chi connectivity index (χ3n) is 2.04. The second-order valence-corrected chi connectivity index (χ2v) is 4.04. The van der Waals surface area contributed by atoms with Crippen molar-refractivity contribution in [1.29, 1.82) is 0 Å². The van der Waals surface area contributed by atoms with Gasteiger partial charge in [0.2, 0.25) is 0 Å². The van der Waals surface area contributed by atoms with Crippen molar-refractivity contribution in [2.75, 3.05) is 24.3 Å². The number of rotatable bonds is 6. The number of halogens is 5. The highest BCUT2D eigenvalue weighted by Crippen LogP contribution is 2.27. The molecule has 0 saturated carbocycles. The van der Waals surface area contributed by atoms with Gasteiger partial charge in [-0.3, -0.25) is 0 Å². The van der Waals surface area contributed by atoms with E-state index in [4.69, 9.17) is 11.6 Å². The molecule has 1 aromatic rings. The van der Waals surface area contributed by atoms with Crippen molar-refractivity contribution in [2.24, 2.45) is 0 Å². The van der Waals surface area contributed by atoms with E-state index in [0.717, 1.165) is 18.2 Å². The molecule has 0 spiro atoms. The molecule has 0 amide bonds. The second-order valence-electron chi connectivity index (χ2n) is 3.73. The summed E-state index contributed by atoms with van der Waals surface area (Å²) in [5.41, 5.74) is 0.0217. The second kappa shape index (κ2) is 6.81. The predicted octanol–water partition coefficient (Wildman–Crippen LogP) is 2.78. The molecule has 0 bridgehead atoms. The number of hydrogen-bond acceptors (Lipinski definition) is 3. The van der Waals surface area contributed by atoms with Gasteiger partial charge >= 0.3 is 6.18 Å². The average Bonchev–Trinajstić information content (AvgIpc) is 2.33. The summed E-state index contributed by atoms with van der Waals surface area (Å²) in [6.07, 6.45) is -5.39. The molecule has 1 aromatic carbocycles. The van der Waals surface area contributed by atoms with Crippen molar-refractivity contribution in [1.82, 2.24) is 0 Å². The van der Waals surface area contributed by atoms with E-state index in [9.17, 15) is 22.7 Å². The monoisotopic (exact) mass is 301 g/mol. The van der Waals surface area contributed by atoms with E-state index in [-0.39, 0.29) is 23.9 Å². The van der Waals surface area contributed by atoms with E-state index in [1.54, 1.807) is 0 Å². The van der Waals surface area contributed by atoms with Crippen LogP contribution in [-0.2, 0) is 0 Å². The van der Waals surface area contributed by atoms with Crippen molar-refractivity contribution in [3.05, 3.63) is 24.0 Å². The first-order valence-electron chi connectivity index (χ1n) is 5.29. The fourth-order valence-corrected chi connectivity index (χ4v) is 1.32. The first-order valence-corrected chi connectivity index (χ1v) is 5.82. The lowest BCUT2D eigenvalue weighted by molar-refractivity contribution is -0.153. The number of aliphatic hydroxyl groups excluding tert-OH is 1. The lowest BCUT2D eigenvalue weighted by Gasteiger charge is -2.15. The molecule has 0 saturated heterocycles. The van der Waals surface area contributed by atoms with Gasteiger partial charge in [0.15, 0.2) is 6.61 Å². The van der Waals surface area contributed by atoms with Crippen molar-refractivity contribution in [3.8, 4) is 5.75 Å². The third-order valence-corrected chi connectivity index (χ3v) is 2.40. The van der Waals surface area contributed by atoms with Gasteiger partial charge in [-0.25, -0.2) is 4.39 Å². The Labute approximate surface area is 112 Å². The predicted molar refractivity (Wildman–Crippen MR) is 63.2 cm³/mol. The molecular formula is C11H12ClF4NO2. The number of hydrogen-bond donors (Lipinski definition) is 2. The normalized spacial score (nSPS) is 13.2. The van der Waals surface area contributed by atoms with Crippen LogP contribution >= 0.6 is 11.6 Å². The molecular weight excluding hydrogens is 290 g/mol. The van der Waals surface area contributed by atoms with Crippen LogP contribution in [0.1, 0.15) is 0 Å². The number of benzene rings is 1. The zero-order chi connectivity index (χ0) is 14.5. The molecule has 0 radical (unpaired) electrons. The Bertz CT molecular complexity index is 414. The Morgan fingerprint density at radius 1 is 1.37 bits per heavy atom. The van der Waals surface area contributed by atoms with Crippen LogP contribution in [0.2, 0.25) is 0 Å². The number of nitrogens with one attached hydrogen (secondary N) is 1. The van der Waals surface area contributed by atoms with E-state index < -0.39 is 24.7 Å². The maximum absolute atomic E-state index is 13.0. The van der Waals surface area contributed by atoms with Gasteiger partial charge in [-0.1, -0.05) is 0 Å². The molecule has 1 atom stereocenters. The zero-order valence-corrected chi connectivity index (χ0v) is 10.4. The van der Waals surface area contributed by atoms with E-state index in [1.807, 2.05) is 0 Å². The quantitative estimate of drug-likeness (QED) is 0.627. The summed E-state index contributed by atoms with van der Waals surface area (Å²) >= 11 is 5.37. The summed E-state index contributed by atoms with van der Waals surface area (Å²) in [5.74, 6) is -0.844. The van der Waals surface area contributed by atoms with Crippen molar-refractivity contribution in [3.63, 3.8) is 0 Å². The molecule has 0 aliphatic heterocycles. The van der Waals surface area contributed by atoms with Gasteiger partial charge in [-0.2, -0.15) is 13.2 Å². The summed E-state index contributed by atoms with van der Waals surface area (Å²) in [7, 11) is 0. The first kappa shape index (κ1) is 15.8. The highest BCUT2D eigenvalue weighted by Gasteiger charge is 2.28. The average molecular weight is 302 g/mol. The molecule has 2 N–H and O–H groups in total. The lowest BCUT2D eigenvalue weighted by atomic mass is 10.2. The topological polar surface area (TPSA) is 41.5 Å². The lowest BCUT2D eigenvalue weighted by Crippen LogP contribution is -2.22. The highest BCUT2D eigenvalue weighted by molar-refractivity contribution is 6.18. The van der Waals surface area contributed by atoms with E-state index >= 15 is 0 Å². The molecule has 0 heterocycles. The summed E-state index contributed by atoms with van der Waals surface area (Å²) in [6, 6.07) is 3.04. The number of alkyl halides is 4. The minimum atomic E-state index is -4.48. The molecule has 19 heavy (non-hydrogen) atoms. The molecule has 8 heteroatoms. The molecule has 1 rings (SSSR count). The number of aliphatic hydroxyl groups is 1.